The van der Waals surface area contributed by atoms with Crippen LogP contribution in [0.1, 0.15) is 33.1 Å². The number of rotatable bonds is 5. The Hall–Kier alpha value is -0.620. The van der Waals surface area contributed by atoms with E-state index in [1.807, 2.05) is 4.90 Å². The number of carbonyl (C=O) groups excluding carboxylic acids is 1. The van der Waals surface area contributed by atoms with Crippen molar-refractivity contribution in [2.45, 2.75) is 45.2 Å². The van der Waals surface area contributed by atoms with E-state index in [1.54, 1.807) is 0 Å². The van der Waals surface area contributed by atoms with E-state index in [1.165, 1.54) is 6.26 Å². The largest absolute Gasteiger partial charge is 0.337 e. The van der Waals surface area contributed by atoms with Crippen LogP contribution in [0.4, 0.5) is 0 Å². The van der Waals surface area contributed by atoms with Gasteiger partial charge in [0.25, 0.3) is 0 Å². The molecule has 1 aliphatic heterocycles. The van der Waals surface area contributed by atoms with Crippen LogP contribution in [0.2, 0.25) is 0 Å². The van der Waals surface area contributed by atoms with Crippen molar-refractivity contribution < 1.29 is 13.2 Å². The summed E-state index contributed by atoms with van der Waals surface area (Å²) in [5.41, 5.74) is 0. The molecule has 0 spiro atoms. The summed E-state index contributed by atoms with van der Waals surface area (Å²) in [6, 6.07) is 0.523. The highest BCUT2D eigenvalue weighted by atomic mass is 32.2. The highest BCUT2D eigenvalue weighted by Gasteiger charge is 2.29. The first-order valence-electron chi connectivity index (χ1n) is 6.58. The van der Waals surface area contributed by atoms with Crippen LogP contribution >= 0.6 is 0 Å². The molecule has 18 heavy (non-hydrogen) atoms. The Labute approximate surface area is 110 Å². The lowest BCUT2D eigenvalue weighted by molar-refractivity contribution is -0.134. The van der Waals surface area contributed by atoms with Crippen LogP contribution in [0.15, 0.2) is 0 Å². The van der Waals surface area contributed by atoms with E-state index in [9.17, 15) is 13.2 Å². The molecule has 6 heteroatoms. The van der Waals surface area contributed by atoms with E-state index in [4.69, 9.17) is 0 Å². The second-order valence-corrected chi connectivity index (χ2v) is 7.26. The Bertz CT molecular complexity index is 381. The first-order chi connectivity index (χ1) is 8.37. The molecule has 0 aromatic heterocycles. The molecule has 5 nitrogen and oxygen atoms in total. The molecule has 0 aromatic carbocycles. The molecule has 1 rings (SSSR count). The molecule has 1 fully saturated rings. The SMILES string of the molecule is CCC1CN(C(=O)CCS(C)(=O)=O)C(CC)CN1. The lowest BCUT2D eigenvalue weighted by Gasteiger charge is -2.40. The zero-order valence-electron chi connectivity index (χ0n) is 11.5. The fourth-order valence-corrected chi connectivity index (χ4v) is 2.77. The molecular weight excluding hydrogens is 252 g/mol. The highest BCUT2D eigenvalue weighted by Crippen LogP contribution is 2.13. The smallest absolute Gasteiger partial charge is 0.223 e. The van der Waals surface area contributed by atoms with Gasteiger partial charge in [-0.15, -0.1) is 0 Å². The Balaban J connectivity index is 2.61. The molecule has 1 amide bonds. The minimum absolute atomic E-state index is 0.0350. The monoisotopic (exact) mass is 276 g/mol. The van der Waals surface area contributed by atoms with Crippen molar-refractivity contribution in [3.05, 3.63) is 0 Å². The molecule has 106 valence electrons. The van der Waals surface area contributed by atoms with Crippen LogP contribution in [-0.4, -0.2) is 56.4 Å². The molecule has 1 heterocycles. The van der Waals surface area contributed by atoms with E-state index in [-0.39, 0.29) is 24.1 Å². The van der Waals surface area contributed by atoms with Gasteiger partial charge in [0.05, 0.1) is 5.75 Å². The van der Waals surface area contributed by atoms with E-state index in [0.29, 0.717) is 12.6 Å². The van der Waals surface area contributed by atoms with Crippen LogP contribution in [0.3, 0.4) is 0 Å². The van der Waals surface area contributed by atoms with Crippen LogP contribution in [-0.2, 0) is 14.6 Å². The van der Waals surface area contributed by atoms with Crippen molar-refractivity contribution in [3.63, 3.8) is 0 Å². The van der Waals surface area contributed by atoms with Crippen molar-refractivity contribution >= 4 is 15.7 Å². The van der Waals surface area contributed by atoms with Crippen molar-refractivity contribution in [3.8, 4) is 0 Å². The summed E-state index contributed by atoms with van der Waals surface area (Å²) in [6.45, 7) is 5.63. The van der Waals surface area contributed by atoms with E-state index < -0.39 is 9.84 Å². The first kappa shape index (κ1) is 15.4. The quantitative estimate of drug-likeness (QED) is 0.790. The van der Waals surface area contributed by atoms with Gasteiger partial charge in [-0.2, -0.15) is 0 Å². The minimum Gasteiger partial charge on any atom is -0.337 e. The Morgan fingerprint density at radius 2 is 2.00 bits per heavy atom. The number of hydrogen-bond donors (Lipinski definition) is 1. The molecule has 1 N–H and O–H groups in total. The molecule has 0 aromatic rings. The number of nitrogens with zero attached hydrogens (tertiary/aromatic N) is 1. The van der Waals surface area contributed by atoms with Gasteiger partial charge in [0.2, 0.25) is 5.91 Å². The van der Waals surface area contributed by atoms with E-state index in [2.05, 4.69) is 19.2 Å². The van der Waals surface area contributed by atoms with Crippen LogP contribution in [0.5, 0.6) is 0 Å². The number of nitrogens with one attached hydrogen (secondary N) is 1. The summed E-state index contributed by atoms with van der Waals surface area (Å²) in [6.07, 6.45) is 3.15. The number of piperazine rings is 1. The lowest BCUT2D eigenvalue weighted by Crippen LogP contribution is -2.58. The number of carbonyl (C=O) groups is 1. The zero-order chi connectivity index (χ0) is 13.8. The molecule has 1 aliphatic rings. The topological polar surface area (TPSA) is 66.5 Å². The lowest BCUT2D eigenvalue weighted by atomic mass is 10.0. The molecule has 1 saturated heterocycles. The molecular formula is C12H24N2O3S. The fraction of sp³-hybridized carbons (Fsp3) is 0.917. The van der Waals surface area contributed by atoms with Gasteiger partial charge in [-0.05, 0) is 12.8 Å². The Morgan fingerprint density at radius 3 is 2.50 bits per heavy atom. The third-order valence-electron chi connectivity index (χ3n) is 3.47. The van der Waals surface area contributed by atoms with E-state index >= 15 is 0 Å². The third kappa shape index (κ3) is 4.57. The Kier molecular flexibility index (Phi) is 5.59. The summed E-state index contributed by atoms with van der Waals surface area (Å²) in [4.78, 5) is 14.0. The van der Waals surface area contributed by atoms with Gasteiger partial charge in [-0.1, -0.05) is 13.8 Å². The summed E-state index contributed by atoms with van der Waals surface area (Å²) in [5.74, 6) is -0.0876. The van der Waals surface area contributed by atoms with Gasteiger partial charge < -0.3 is 10.2 Å². The number of amides is 1. The summed E-state index contributed by atoms with van der Waals surface area (Å²) < 4.78 is 22.2. The standard InChI is InChI=1S/C12H24N2O3S/c1-4-10-9-14(11(5-2)8-13-10)12(15)6-7-18(3,16)17/h10-11,13H,4-9H2,1-3H3. The first-order valence-corrected chi connectivity index (χ1v) is 8.64. The maximum atomic E-state index is 12.1. The predicted molar refractivity (Wildman–Crippen MR) is 72.2 cm³/mol. The van der Waals surface area contributed by atoms with Gasteiger partial charge >= 0.3 is 0 Å². The third-order valence-corrected chi connectivity index (χ3v) is 4.42. The van der Waals surface area contributed by atoms with Gasteiger partial charge in [0.1, 0.15) is 9.84 Å². The van der Waals surface area contributed by atoms with E-state index in [0.717, 1.165) is 19.4 Å². The summed E-state index contributed by atoms with van der Waals surface area (Å²) >= 11 is 0. The van der Waals surface area contributed by atoms with Crippen molar-refractivity contribution in [1.82, 2.24) is 10.2 Å². The predicted octanol–water partition coefficient (Wildman–Crippen LogP) is 0.410. The number of hydrogen-bond acceptors (Lipinski definition) is 4. The second kappa shape index (κ2) is 6.52. The second-order valence-electron chi connectivity index (χ2n) is 5.00. The van der Waals surface area contributed by atoms with Crippen molar-refractivity contribution in [1.29, 1.82) is 0 Å². The average Bonchev–Trinajstić information content (AvgIpc) is 2.34. The van der Waals surface area contributed by atoms with Crippen LogP contribution < -0.4 is 5.32 Å². The van der Waals surface area contributed by atoms with Crippen LogP contribution in [0, 0.1) is 0 Å². The Morgan fingerprint density at radius 1 is 1.33 bits per heavy atom. The molecule has 2 atom stereocenters. The normalized spacial score (nSPS) is 25.2. The maximum absolute atomic E-state index is 12.1. The van der Waals surface area contributed by atoms with Gasteiger partial charge in [-0.3, -0.25) is 4.79 Å². The molecule has 0 aliphatic carbocycles. The summed E-state index contributed by atoms with van der Waals surface area (Å²) in [7, 11) is -3.06. The van der Waals surface area contributed by atoms with Crippen LogP contribution in [0.25, 0.3) is 0 Å². The molecule has 2 unspecified atom stereocenters. The molecule has 0 radical (unpaired) electrons. The zero-order valence-corrected chi connectivity index (χ0v) is 12.3. The average molecular weight is 276 g/mol. The fourth-order valence-electron chi connectivity index (χ4n) is 2.22. The van der Waals surface area contributed by atoms with Gasteiger partial charge in [0.15, 0.2) is 0 Å². The summed E-state index contributed by atoms with van der Waals surface area (Å²) in [5, 5.41) is 3.41. The molecule has 0 saturated carbocycles. The van der Waals surface area contributed by atoms with Crippen molar-refractivity contribution in [2.75, 3.05) is 25.1 Å². The number of sulfone groups is 1. The van der Waals surface area contributed by atoms with Crippen molar-refractivity contribution in [2.24, 2.45) is 0 Å². The highest BCUT2D eigenvalue weighted by molar-refractivity contribution is 7.90. The minimum atomic E-state index is -3.06. The maximum Gasteiger partial charge on any atom is 0.223 e. The van der Waals surface area contributed by atoms with Gasteiger partial charge in [-0.25, -0.2) is 8.42 Å². The van der Waals surface area contributed by atoms with Gasteiger partial charge in [0, 0.05) is 37.8 Å². The molecule has 0 bridgehead atoms.